The van der Waals surface area contributed by atoms with Crippen LogP contribution in [0.5, 0.6) is 0 Å². The number of methoxy groups -OCH3 is 2. The number of ether oxygens (including phenoxy) is 2. The molecule has 4 aliphatic carbocycles. The Labute approximate surface area is 208 Å². The number of hydrogen-bond donors (Lipinski definition) is 0. The van der Waals surface area contributed by atoms with Gasteiger partial charge in [-0.2, -0.15) is 0 Å². The quantitative estimate of drug-likeness (QED) is 0.453. The summed E-state index contributed by atoms with van der Waals surface area (Å²) in [6, 6.07) is 0. The highest BCUT2D eigenvalue weighted by atomic mass is 16.5. The zero-order valence-corrected chi connectivity index (χ0v) is 22.7. The number of fused-ring (bicyclic) bond motifs is 5. The number of hydrogen-bond acceptors (Lipinski definition) is 3. The Bertz CT molecular complexity index is 735. The SMILES string of the molecule is CO[C@@H]1CC[C@@]2(C)[C@@H](C1)C[C@H](OC)[C@@H]1[C@@H]2CC[C@]2(C)[C@@H]([C@H](C)CCC(=O)N3CCCC3)CC[C@@H]12. The summed E-state index contributed by atoms with van der Waals surface area (Å²) in [6.07, 6.45) is 15.6. The molecule has 4 nitrogen and oxygen atoms in total. The monoisotopic (exact) mass is 473 g/mol. The highest BCUT2D eigenvalue weighted by Crippen LogP contribution is 2.68. The summed E-state index contributed by atoms with van der Waals surface area (Å²) < 4.78 is 12.1. The van der Waals surface area contributed by atoms with Crippen molar-refractivity contribution in [3.05, 3.63) is 0 Å². The number of nitrogens with zero attached hydrogens (tertiary/aromatic N) is 1. The summed E-state index contributed by atoms with van der Waals surface area (Å²) in [6.45, 7) is 9.70. The number of carbonyl (C=O) groups is 1. The van der Waals surface area contributed by atoms with Crippen LogP contribution in [0.2, 0.25) is 0 Å². The fourth-order valence-electron chi connectivity index (χ4n) is 10.3. The van der Waals surface area contributed by atoms with Crippen molar-refractivity contribution in [2.75, 3.05) is 27.3 Å². The summed E-state index contributed by atoms with van der Waals surface area (Å²) in [5, 5.41) is 0. The third-order valence-electron chi connectivity index (χ3n) is 12.3. The topological polar surface area (TPSA) is 38.8 Å². The van der Waals surface area contributed by atoms with Gasteiger partial charge in [-0.25, -0.2) is 0 Å². The van der Waals surface area contributed by atoms with Gasteiger partial charge in [0.15, 0.2) is 0 Å². The second kappa shape index (κ2) is 9.69. The summed E-state index contributed by atoms with van der Waals surface area (Å²) >= 11 is 0. The maximum absolute atomic E-state index is 12.7. The molecular formula is C30H51NO3. The van der Waals surface area contributed by atoms with Gasteiger partial charge in [-0.15, -0.1) is 0 Å². The van der Waals surface area contributed by atoms with Gasteiger partial charge in [0.05, 0.1) is 12.2 Å². The minimum atomic E-state index is 0.408. The largest absolute Gasteiger partial charge is 0.381 e. The summed E-state index contributed by atoms with van der Waals surface area (Å²) in [5.41, 5.74) is 0.878. The van der Waals surface area contributed by atoms with E-state index in [1.165, 1.54) is 64.2 Å². The number of likely N-dealkylation sites (tertiary alicyclic amines) is 1. The molecule has 5 fully saturated rings. The molecule has 10 atom stereocenters. The lowest BCUT2D eigenvalue weighted by atomic mass is 9.43. The van der Waals surface area contributed by atoms with Crippen molar-refractivity contribution in [1.29, 1.82) is 0 Å². The molecule has 4 saturated carbocycles. The highest BCUT2D eigenvalue weighted by Gasteiger charge is 2.63. The number of rotatable bonds is 6. The number of carbonyl (C=O) groups excluding carboxylic acids is 1. The minimum absolute atomic E-state index is 0.408. The Hall–Kier alpha value is -0.610. The lowest BCUT2D eigenvalue weighted by Gasteiger charge is -2.63. The lowest BCUT2D eigenvalue weighted by Crippen LogP contribution is -2.59. The summed E-state index contributed by atoms with van der Waals surface area (Å²) in [5.74, 6) is 4.86. The maximum Gasteiger partial charge on any atom is 0.222 e. The van der Waals surface area contributed by atoms with Crippen LogP contribution >= 0.6 is 0 Å². The Morgan fingerprint density at radius 2 is 1.65 bits per heavy atom. The first-order valence-electron chi connectivity index (χ1n) is 14.6. The standard InChI is InChI=1S/C30H51NO3/c1-20(8-11-27(32)31-16-6-7-17-31)23-9-10-24-28-25(13-15-30(23,24)3)29(2)14-12-22(33-4)18-21(29)19-26(28)34-5/h20-26,28H,6-19H2,1-5H3/t20-,21+,22-,23-,24+,25+,26+,28+,29+,30-/m1/s1. The van der Waals surface area contributed by atoms with Gasteiger partial charge in [-0.1, -0.05) is 20.8 Å². The summed E-state index contributed by atoms with van der Waals surface area (Å²) in [7, 11) is 3.88. The Kier molecular flexibility index (Phi) is 7.14. The molecule has 194 valence electrons. The molecule has 1 amide bonds. The fourth-order valence-corrected chi connectivity index (χ4v) is 10.3. The van der Waals surface area contributed by atoms with E-state index >= 15 is 0 Å². The van der Waals surface area contributed by atoms with Crippen LogP contribution in [0.3, 0.4) is 0 Å². The lowest BCUT2D eigenvalue weighted by molar-refractivity contribution is -0.183. The van der Waals surface area contributed by atoms with Crippen LogP contribution in [0, 0.1) is 46.3 Å². The Balaban J connectivity index is 1.30. The molecule has 34 heavy (non-hydrogen) atoms. The average Bonchev–Trinajstić information content (AvgIpc) is 3.49. The molecule has 0 bridgehead atoms. The first-order valence-corrected chi connectivity index (χ1v) is 14.6. The molecule has 0 aromatic heterocycles. The molecule has 0 N–H and O–H groups in total. The van der Waals surface area contributed by atoms with Crippen LogP contribution in [0.1, 0.15) is 97.8 Å². The fraction of sp³-hybridized carbons (Fsp3) is 0.967. The van der Waals surface area contributed by atoms with Crippen LogP contribution in [-0.2, 0) is 14.3 Å². The highest BCUT2D eigenvalue weighted by molar-refractivity contribution is 5.76. The van der Waals surface area contributed by atoms with E-state index in [9.17, 15) is 4.79 Å². The average molecular weight is 474 g/mol. The van der Waals surface area contributed by atoms with Crippen molar-refractivity contribution in [2.24, 2.45) is 46.3 Å². The van der Waals surface area contributed by atoms with Gasteiger partial charge in [-0.05, 0) is 117 Å². The molecule has 0 aromatic rings. The van der Waals surface area contributed by atoms with Crippen LogP contribution < -0.4 is 0 Å². The first kappa shape index (κ1) is 25.1. The third kappa shape index (κ3) is 4.07. The van der Waals surface area contributed by atoms with Crippen LogP contribution in [-0.4, -0.2) is 50.3 Å². The van der Waals surface area contributed by atoms with Gasteiger partial charge in [0.2, 0.25) is 5.91 Å². The van der Waals surface area contributed by atoms with Crippen LogP contribution in [0.15, 0.2) is 0 Å². The minimum Gasteiger partial charge on any atom is -0.381 e. The normalized spacial score (nSPS) is 47.1. The molecule has 0 spiro atoms. The molecule has 0 aromatic carbocycles. The van der Waals surface area contributed by atoms with Crippen molar-refractivity contribution in [1.82, 2.24) is 4.90 Å². The van der Waals surface area contributed by atoms with Gasteiger partial charge in [0.25, 0.3) is 0 Å². The van der Waals surface area contributed by atoms with Crippen molar-refractivity contribution in [2.45, 2.75) is 110 Å². The molecule has 1 saturated heterocycles. The van der Waals surface area contributed by atoms with E-state index in [-0.39, 0.29) is 0 Å². The van der Waals surface area contributed by atoms with Crippen molar-refractivity contribution < 1.29 is 14.3 Å². The van der Waals surface area contributed by atoms with Gasteiger partial charge < -0.3 is 14.4 Å². The van der Waals surface area contributed by atoms with Crippen molar-refractivity contribution in [3.8, 4) is 0 Å². The molecule has 4 heteroatoms. The molecule has 5 rings (SSSR count). The summed E-state index contributed by atoms with van der Waals surface area (Å²) in [4.78, 5) is 14.8. The molecular weight excluding hydrogens is 422 g/mol. The van der Waals surface area contributed by atoms with E-state index in [4.69, 9.17) is 9.47 Å². The Morgan fingerprint density at radius 3 is 2.35 bits per heavy atom. The molecule has 0 radical (unpaired) electrons. The Morgan fingerprint density at radius 1 is 0.941 bits per heavy atom. The van der Waals surface area contributed by atoms with Crippen molar-refractivity contribution in [3.63, 3.8) is 0 Å². The maximum atomic E-state index is 12.7. The van der Waals surface area contributed by atoms with E-state index < -0.39 is 0 Å². The van der Waals surface area contributed by atoms with Gasteiger partial charge in [0, 0.05) is 33.7 Å². The van der Waals surface area contributed by atoms with E-state index in [1.54, 1.807) is 0 Å². The van der Waals surface area contributed by atoms with Gasteiger partial charge in [0.1, 0.15) is 0 Å². The third-order valence-corrected chi connectivity index (χ3v) is 12.3. The second-order valence-corrected chi connectivity index (χ2v) is 13.5. The molecule has 1 heterocycles. The molecule has 5 aliphatic rings. The number of amides is 1. The van der Waals surface area contributed by atoms with Gasteiger partial charge in [-0.3, -0.25) is 4.79 Å². The predicted octanol–water partition coefficient (Wildman–Crippen LogP) is 6.32. The predicted molar refractivity (Wildman–Crippen MR) is 136 cm³/mol. The van der Waals surface area contributed by atoms with E-state index in [2.05, 4.69) is 25.7 Å². The molecule has 0 unspecified atom stereocenters. The van der Waals surface area contributed by atoms with Crippen LogP contribution in [0.25, 0.3) is 0 Å². The van der Waals surface area contributed by atoms with Crippen molar-refractivity contribution >= 4 is 5.91 Å². The first-order chi connectivity index (χ1) is 16.3. The van der Waals surface area contributed by atoms with E-state index in [0.717, 1.165) is 49.6 Å². The van der Waals surface area contributed by atoms with E-state index in [1.807, 2.05) is 14.2 Å². The van der Waals surface area contributed by atoms with E-state index in [0.29, 0.717) is 40.8 Å². The second-order valence-electron chi connectivity index (χ2n) is 13.5. The smallest absolute Gasteiger partial charge is 0.222 e. The molecule has 1 aliphatic heterocycles. The zero-order chi connectivity index (χ0) is 24.1. The zero-order valence-electron chi connectivity index (χ0n) is 22.7. The van der Waals surface area contributed by atoms with Crippen LogP contribution in [0.4, 0.5) is 0 Å². The van der Waals surface area contributed by atoms with Gasteiger partial charge >= 0.3 is 0 Å².